The Morgan fingerprint density at radius 2 is 1.58 bits per heavy atom. The number of hydrogen-bond acceptors (Lipinski definition) is 3. The summed E-state index contributed by atoms with van der Waals surface area (Å²) < 4.78 is 11.2. The van der Waals surface area contributed by atoms with E-state index in [0.717, 1.165) is 32.4 Å². The molecule has 0 spiro atoms. The molecule has 1 saturated heterocycles. The number of para-hydroxylation sites is 2. The molecular formula is C22H27NO3. The van der Waals surface area contributed by atoms with Crippen molar-refractivity contribution in [3.63, 3.8) is 0 Å². The second kappa shape index (κ2) is 9.27. The maximum atomic E-state index is 12.5. The number of amides is 1. The Bertz CT molecular complexity index is 694. The molecule has 4 heteroatoms. The molecule has 2 aromatic rings. The maximum Gasteiger partial charge on any atom is 0.260 e. The Kier molecular flexibility index (Phi) is 6.53. The van der Waals surface area contributed by atoms with Crippen LogP contribution in [-0.2, 0) is 11.2 Å². The van der Waals surface area contributed by atoms with Crippen LogP contribution in [0, 0.1) is 5.92 Å². The average Bonchev–Trinajstić information content (AvgIpc) is 2.69. The Labute approximate surface area is 155 Å². The van der Waals surface area contributed by atoms with E-state index in [-0.39, 0.29) is 12.5 Å². The first-order chi connectivity index (χ1) is 12.8. The molecule has 0 unspecified atom stereocenters. The topological polar surface area (TPSA) is 38.8 Å². The standard InChI is InChI=1S/C22H27NO3/c1-2-25-20-10-6-7-11-21(20)26-17-22(24)23-14-12-19(13-15-23)16-18-8-4-3-5-9-18/h3-11,19H,2,12-17H2,1H3. The SMILES string of the molecule is CCOc1ccccc1OCC(=O)N1CCC(Cc2ccccc2)CC1. The van der Waals surface area contributed by atoms with Crippen LogP contribution in [0.4, 0.5) is 0 Å². The highest BCUT2D eigenvalue weighted by molar-refractivity contribution is 5.78. The van der Waals surface area contributed by atoms with Crippen molar-refractivity contribution in [1.29, 1.82) is 0 Å². The van der Waals surface area contributed by atoms with Crippen LogP contribution in [0.25, 0.3) is 0 Å². The number of nitrogens with zero attached hydrogens (tertiary/aromatic N) is 1. The average molecular weight is 353 g/mol. The molecule has 0 saturated carbocycles. The lowest BCUT2D eigenvalue weighted by Gasteiger charge is -2.32. The van der Waals surface area contributed by atoms with E-state index in [1.807, 2.05) is 36.1 Å². The fourth-order valence-corrected chi connectivity index (χ4v) is 3.41. The highest BCUT2D eigenvalue weighted by Crippen LogP contribution is 2.27. The number of benzene rings is 2. The minimum Gasteiger partial charge on any atom is -0.490 e. The molecule has 0 atom stereocenters. The molecule has 1 aliphatic heterocycles. The molecule has 1 amide bonds. The molecule has 4 nitrogen and oxygen atoms in total. The van der Waals surface area contributed by atoms with E-state index in [9.17, 15) is 4.79 Å². The van der Waals surface area contributed by atoms with Crippen molar-refractivity contribution in [2.75, 3.05) is 26.3 Å². The van der Waals surface area contributed by atoms with Crippen molar-refractivity contribution in [2.24, 2.45) is 5.92 Å². The summed E-state index contributed by atoms with van der Waals surface area (Å²) >= 11 is 0. The van der Waals surface area contributed by atoms with E-state index in [0.29, 0.717) is 24.0 Å². The minimum absolute atomic E-state index is 0.0504. The molecule has 1 aliphatic rings. The Morgan fingerprint density at radius 1 is 0.962 bits per heavy atom. The predicted octanol–water partition coefficient (Wildman–Crippen LogP) is 3.95. The van der Waals surface area contributed by atoms with Crippen molar-refractivity contribution in [2.45, 2.75) is 26.2 Å². The van der Waals surface area contributed by atoms with Crippen LogP contribution >= 0.6 is 0 Å². The number of piperidine rings is 1. The summed E-state index contributed by atoms with van der Waals surface area (Å²) in [7, 11) is 0. The highest BCUT2D eigenvalue weighted by atomic mass is 16.5. The van der Waals surface area contributed by atoms with Gasteiger partial charge in [-0.1, -0.05) is 42.5 Å². The van der Waals surface area contributed by atoms with Gasteiger partial charge in [-0.2, -0.15) is 0 Å². The van der Waals surface area contributed by atoms with Crippen LogP contribution in [0.1, 0.15) is 25.3 Å². The largest absolute Gasteiger partial charge is 0.490 e. The number of ether oxygens (including phenoxy) is 2. The number of hydrogen-bond donors (Lipinski definition) is 0. The summed E-state index contributed by atoms with van der Waals surface area (Å²) in [6, 6.07) is 18.1. The van der Waals surface area contributed by atoms with Crippen molar-refractivity contribution in [3.8, 4) is 11.5 Å². The molecule has 26 heavy (non-hydrogen) atoms. The number of carbonyl (C=O) groups is 1. The Hall–Kier alpha value is -2.49. The van der Waals surface area contributed by atoms with Crippen molar-refractivity contribution in [3.05, 3.63) is 60.2 Å². The van der Waals surface area contributed by atoms with Crippen LogP contribution in [0.3, 0.4) is 0 Å². The van der Waals surface area contributed by atoms with Gasteiger partial charge >= 0.3 is 0 Å². The van der Waals surface area contributed by atoms with Crippen LogP contribution < -0.4 is 9.47 Å². The van der Waals surface area contributed by atoms with Gasteiger partial charge < -0.3 is 14.4 Å². The molecule has 1 fully saturated rings. The third kappa shape index (κ3) is 5.01. The van der Waals surface area contributed by atoms with Gasteiger partial charge in [-0.25, -0.2) is 0 Å². The normalized spacial score (nSPS) is 14.9. The van der Waals surface area contributed by atoms with Crippen LogP contribution in [-0.4, -0.2) is 37.1 Å². The fraction of sp³-hybridized carbons (Fsp3) is 0.409. The first-order valence-electron chi connectivity index (χ1n) is 9.42. The smallest absolute Gasteiger partial charge is 0.260 e. The van der Waals surface area contributed by atoms with Crippen molar-refractivity contribution < 1.29 is 14.3 Å². The fourth-order valence-electron chi connectivity index (χ4n) is 3.41. The molecular weight excluding hydrogens is 326 g/mol. The van der Waals surface area contributed by atoms with E-state index in [4.69, 9.17) is 9.47 Å². The second-order valence-electron chi connectivity index (χ2n) is 6.68. The van der Waals surface area contributed by atoms with Gasteiger partial charge in [0.2, 0.25) is 0 Å². The zero-order chi connectivity index (χ0) is 18.2. The summed E-state index contributed by atoms with van der Waals surface area (Å²) in [6.07, 6.45) is 3.20. The zero-order valence-electron chi connectivity index (χ0n) is 15.4. The number of likely N-dealkylation sites (tertiary alicyclic amines) is 1. The maximum absolute atomic E-state index is 12.5. The number of carbonyl (C=O) groups excluding carboxylic acids is 1. The minimum atomic E-state index is 0.0504. The first-order valence-corrected chi connectivity index (χ1v) is 9.42. The van der Waals surface area contributed by atoms with Crippen LogP contribution in [0.15, 0.2) is 54.6 Å². The van der Waals surface area contributed by atoms with E-state index in [1.165, 1.54) is 5.56 Å². The van der Waals surface area contributed by atoms with Gasteiger partial charge in [0.25, 0.3) is 5.91 Å². The quantitative estimate of drug-likeness (QED) is 0.757. The van der Waals surface area contributed by atoms with Crippen LogP contribution in [0.2, 0.25) is 0 Å². The first kappa shape index (κ1) is 18.3. The predicted molar refractivity (Wildman–Crippen MR) is 103 cm³/mol. The van der Waals surface area contributed by atoms with E-state index >= 15 is 0 Å². The molecule has 3 rings (SSSR count). The molecule has 0 radical (unpaired) electrons. The van der Waals surface area contributed by atoms with Gasteiger partial charge in [-0.15, -0.1) is 0 Å². The summed E-state index contributed by atoms with van der Waals surface area (Å²) in [5.74, 6) is 2.02. The van der Waals surface area contributed by atoms with Gasteiger partial charge in [0.15, 0.2) is 18.1 Å². The lowest BCUT2D eigenvalue weighted by molar-refractivity contribution is -0.134. The molecule has 0 N–H and O–H groups in total. The third-order valence-corrected chi connectivity index (χ3v) is 4.83. The molecule has 0 bridgehead atoms. The zero-order valence-corrected chi connectivity index (χ0v) is 15.4. The van der Waals surface area contributed by atoms with Gasteiger partial charge in [0, 0.05) is 13.1 Å². The van der Waals surface area contributed by atoms with Gasteiger partial charge in [-0.3, -0.25) is 4.79 Å². The molecule has 0 aromatic heterocycles. The summed E-state index contributed by atoms with van der Waals surface area (Å²) in [5, 5.41) is 0. The lowest BCUT2D eigenvalue weighted by Crippen LogP contribution is -2.41. The van der Waals surface area contributed by atoms with E-state index in [1.54, 1.807) is 0 Å². The molecule has 0 aliphatic carbocycles. The number of rotatable bonds is 7. The summed E-state index contributed by atoms with van der Waals surface area (Å²) in [6.45, 7) is 4.19. The highest BCUT2D eigenvalue weighted by Gasteiger charge is 2.23. The Balaban J connectivity index is 1.45. The van der Waals surface area contributed by atoms with E-state index < -0.39 is 0 Å². The van der Waals surface area contributed by atoms with Gasteiger partial charge in [0.1, 0.15) is 0 Å². The van der Waals surface area contributed by atoms with Crippen LogP contribution in [0.5, 0.6) is 11.5 Å². The summed E-state index contributed by atoms with van der Waals surface area (Å²) in [4.78, 5) is 14.4. The van der Waals surface area contributed by atoms with E-state index in [2.05, 4.69) is 30.3 Å². The van der Waals surface area contributed by atoms with Crippen molar-refractivity contribution in [1.82, 2.24) is 4.90 Å². The Morgan fingerprint density at radius 3 is 2.23 bits per heavy atom. The molecule has 1 heterocycles. The van der Waals surface area contributed by atoms with Gasteiger partial charge in [-0.05, 0) is 49.8 Å². The molecule has 138 valence electrons. The van der Waals surface area contributed by atoms with Crippen molar-refractivity contribution >= 4 is 5.91 Å². The summed E-state index contributed by atoms with van der Waals surface area (Å²) in [5.41, 5.74) is 1.38. The third-order valence-electron chi connectivity index (χ3n) is 4.83. The molecule has 2 aromatic carbocycles. The lowest BCUT2D eigenvalue weighted by atomic mass is 9.90. The monoisotopic (exact) mass is 353 g/mol. The van der Waals surface area contributed by atoms with Gasteiger partial charge in [0.05, 0.1) is 6.61 Å². The second-order valence-corrected chi connectivity index (χ2v) is 6.68.